The summed E-state index contributed by atoms with van der Waals surface area (Å²) < 4.78 is 36.1. The van der Waals surface area contributed by atoms with E-state index in [1.54, 1.807) is 24.3 Å². The van der Waals surface area contributed by atoms with Crippen LogP contribution in [-0.4, -0.2) is 49.6 Å². The highest BCUT2D eigenvalue weighted by Crippen LogP contribution is 2.30. The van der Waals surface area contributed by atoms with Crippen LogP contribution in [0.25, 0.3) is 0 Å². The summed E-state index contributed by atoms with van der Waals surface area (Å²) >= 11 is 5.79. The molecule has 8 nitrogen and oxygen atoms in total. The molecule has 11 heteroatoms. The van der Waals surface area contributed by atoms with Crippen LogP contribution in [0.1, 0.15) is 12.0 Å². The van der Waals surface area contributed by atoms with E-state index in [0.29, 0.717) is 16.9 Å². The van der Waals surface area contributed by atoms with E-state index in [0.717, 1.165) is 12.3 Å². The molecule has 0 radical (unpaired) electrons. The zero-order valence-corrected chi connectivity index (χ0v) is 18.1. The molecule has 1 fully saturated rings. The molecular weight excluding hydrogens is 449 g/mol. The summed E-state index contributed by atoms with van der Waals surface area (Å²) in [4.78, 5) is 26.7. The highest BCUT2D eigenvalue weighted by Gasteiger charge is 2.51. The summed E-state index contributed by atoms with van der Waals surface area (Å²) in [6, 6.07) is 10.2. The standard InChI is InChI=1S/C20H21ClFN3O5S/c1-31(29,30)12-24-16-3-2-4-17(10-16)25-6-5-20(28,19(25)27)18(26)23-11-13-7-14(21)9-15(22)8-13/h2-4,7-10,24,28H,5-6,11-12H2,1H3,(H,23,26)/t20-/m0/s1. The summed E-state index contributed by atoms with van der Waals surface area (Å²) in [5, 5.41) is 16.1. The molecule has 1 heterocycles. The van der Waals surface area contributed by atoms with Gasteiger partial charge in [0.2, 0.25) is 5.60 Å². The number of carbonyl (C=O) groups excluding carboxylic acids is 2. The number of hydrogen-bond acceptors (Lipinski definition) is 6. The van der Waals surface area contributed by atoms with Gasteiger partial charge in [0.05, 0.1) is 0 Å². The van der Waals surface area contributed by atoms with Crippen LogP contribution < -0.4 is 15.5 Å². The molecule has 0 spiro atoms. The van der Waals surface area contributed by atoms with Crippen molar-refractivity contribution in [2.75, 3.05) is 28.9 Å². The number of halogens is 2. The lowest BCUT2D eigenvalue weighted by molar-refractivity contribution is -0.149. The van der Waals surface area contributed by atoms with Crippen molar-refractivity contribution in [1.82, 2.24) is 5.32 Å². The van der Waals surface area contributed by atoms with Gasteiger partial charge >= 0.3 is 0 Å². The van der Waals surface area contributed by atoms with Crippen molar-refractivity contribution in [3.8, 4) is 0 Å². The van der Waals surface area contributed by atoms with Crippen molar-refractivity contribution in [3.63, 3.8) is 0 Å². The molecule has 1 aliphatic rings. The fourth-order valence-corrected chi connectivity index (χ4v) is 3.88. The molecule has 0 aliphatic carbocycles. The molecule has 31 heavy (non-hydrogen) atoms. The van der Waals surface area contributed by atoms with Crippen LogP contribution in [0, 0.1) is 5.82 Å². The lowest BCUT2D eigenvalue weighted by Crippen LogP contribution is -2.52. The van der Waals surface area contributed by atoms with Gasteiger partial charge in [-0.1, -0.05) is 17.7 Å². The number of aliphatic hydroxyl groups is 1. The summed E-state index contributed by atoms with van der Waals surface area (Å²) in [7, 11) is -3.25. The van der Waals surface area contributed by atoms with Gasteiger partial charge in [0, 0.05) is 42.2 Å². The third kappa shape index (κ3) is 5.52. The number of hydrogen-bond donors (Lipinski definition) is 3. The number of amides is 2. The van der Waals surface area contributed by atoms with Gasteiger partial charge in [0.1, 0.15) is 11.7 Å². The largest absolute Gasteiger partial charge is 0.372 e. The fraction of sp³-hybridized carbons (Fsp3) is 0.300. The molecule has 1 aliphatic heterocycles. The van der Waals surface area contributed by atoms with E-state index < -0.39 is 33.1 Å². The Morgan fingerprint density at radius 3 is 2.71 bits per heavy atom. The van der Waals surface area contributed by atoms with E-state index in [2.05, 4.69) is 10.6 Å². The van der Waals surface area contributed by atoms with Crippen molar-refractivity contribution in [2.45, 2.75) is 18.6 Å². The van der Waals surface area contributed by atoms with E-state index in [-0.39, 0.29) is 30.4 Å². The molecule has 3 rings (SSSR count). The first-order chi connectivity index (χ1) is 14.5. The summed E-state index contributed by atoms with van der Waals surface area (Å²) in [5.74, 6) is -2.54. The van der Waals surface area contributed by atoms with Crippen molar-refractivity contribution in [2.24, 2.45) is 0 Å². The molecule has 2 amide bonds. The molecule has 3 N–H and O–H groups in total. The van der Waals surface area contributed by atoms with Gasteiger partial charge in [-0.15, -0.1) is 0 Å². The van der Waals surface area contributed by atoms with Crippen LogP contribution in [0.2, 0.25) is 5.02 Å². The fourth-order valence-electron chi connectivity index (χ4n) is 3.20. The molecule has 166 valence electrons. The second-order valence-corrected chi connectivity index (χ2v) is 9.90. The van der Waals surface area contributed by atoms with E-state index in [1.807, 2.05) is 0 Å². The quantitative estimate of drug-likeness (QED) is 0.531. The number of nitrogens with zero attached hydrogens (tertiary/aromatic N) is 1. The molecular formula is C20H21ClFN3O5S. The van der Waals surface area contributed by atoms with Crippen LogP contribution in [0.5, 0.6) is 0 Å². The zero-order chi connectivity index (χ0) is 22.8. The Bertz CT molecular complexity index is 1110. The molecule has 0 unspecified atom stereocenters. The predicted molar refractivity (Wildman–Crippen MR) is 115 cm³/mol. The van der Waals surface area contributed by atoms with Gasteiger partial charge in [-0.05, 0) is 42.0 Å². The Morgan fingerprint density at radius 1 is 1.29 bits per heavy atom. The Kier molecular flexibility index (Phi) is 6.54. The lowest BCUT2D eigenvalue weighted by Gasteiger charge is -2.22. The predicted octanol–water partition coefficient (Wildman–Crippen LogP) is 1.68. The molecule has 0 bridgehead atoms. The van der Waals surface area contributed by atoms with Crippen LogP contribution >= 0.6 is 11.6 Å². The first-order valence-electron chi connectivity index (χ1n) is 9.27. The lowest BCUT2D eigenvalue weighted by atomic mass is 10.0. The molecule has 1 saturated heterocycles. The number of nitrogens with one attached hydrogen (secondary N) is 2. The molecule has 0 aromatic heterocycles. The van der Waals surface area contributed by atoms with E-state index in [4.69, 9.17) is 11.6 Å². The molecule has 1 atom stereocenters. The van der Waals surface area contributed by atoms with Gasteiger partial charge in [-0.2, -0.15) is 0 Å². The minimum atomic E-state index is -3.25. The summed E-state index contributed by atoms with van der Waals surface area (Å²) in [6.45, 7) is -0.0269. The van der Waals surface area contributed by atoms with Crippen LogP contribution in [0.15, 0.2) is 42.5 Å². The molecule has 2 aromatic rings. The SMILES string of the molecule is CS(=O)(=O)CNc1cccc(N2CC[C@](O)(C(=O)NCc3cc(F)cc(Cl)c3)C2=O)c1. The monoisotopic (exact) mass is 469 g/mol. The third-order valence-corrected chi connectivity index (χ3v) is 5.63. The number of benzene rings is 2. The van der Waals surface area contributed by atoms with E-state index >= 15 is 0 Å². The Balaban J connectivity index is 1.69. The van der Waals surface area contributed by atoms with Gasteiger partial charge in [-0.25, -0.2) is 12.8 Å². The summed E-state index contributed by atoms with van der Waals surface area (Å²) in [5.41, 5.74) is -1.01. The number of anilines is 2. The molecule has 2 aromatic carbocycles. The first-order valence-corrected chi connectivity index (χ1v) is 11.7. The van der Waals surface area contributed by atoms with Crippen LogP contribution in [0.3, 0.4) is 0 Å². The Morgan fingerprint density at radius 2 is 2.03 bits per heavy atom. The highest BCUT2D eigenvalue weighted by molar-refractivity contribution is 7.90. The number of carbonyl (C=O) groups is 2. The van der Waals surface area contributed by atoms with Gasteiger partial charge in [0.25, 0.3) is 11.8 Å². The Hall–Kier alpha value is -2.69. The van der Waals surface area contributed by atoms with Crippen molar-refractivity contribution in [1.29, 1.82) is 0 Å². The Labute approximate surface area is 183 Å². The zero-order valence-electron chi connectivity index (χ0n) is 16.6. The maximum absolute atomic E-state index is 13.4. The summed E-state index contributed by atoms with van der Waals surface area (Å²) in [6.07, 6.45) is 0.951. The van der Waals surface area contributed by atoms with E-state index in [1.165, 1.54) is 17.0 Å². The minimum absolute atomic E-state index is 0.0874. The normalized spacial score (nSPS) is 18.8. The topological polar surface area (TPSA) is 116 Å². The average Bonchev–Trinajstić information content (AvgIpc) is 2.99. The number of rotatable bonds is 7. The third-order valence-electron chi connectivity index (χ3n) is 4.74. The average molecular weight is 470 g/mol. The van der Waals surface area contributed by atoms with Gasteiger partial charge in [0.15, 0.2) is 9.84 Å². The van der Waals surface area contributed by atoms with Crippen LogP contribution in [-0.2, 0) is 26.0 Å². The number of sulfone groups is 1. The first kappa shape index (κ1) is 23.0. The van der Waals surface area contributed by atoms with Gasteiger partial charge in [-0.3, -0.25) is 9.59 Å². The van der Waals surface area contributed by atoms with Crippen molar-refractivity contribution >= 4 is 44.6 Å². The second kappa shape index (κ2) is 8.81. The second-order valence-electron chi connectivity index (χ2n) is 7.32. The maximum atomic E-state index is 13.4. The van der Waals surface area contributed by atoms with Crippen LogP contribution in [0.4, 0.5) is 15.8 Å². The smallest absolute Gasteiger partial charge is 0.268 e. The minimum Gasteiger partial charge on any atom is -0.372 e. The van der Waals surface area contributed by atoms with Crippen molar-refractivity contribution in [3.05, 3.63) is 58.9 Å². The van der Waals surface area contributed by atoms with Crippen molar-refractivity contribution < 1.29 is 27.5 Å². The highest BCUT2D eigenvalue weighted by atomic mass is 35.5. The van der Waals surface area contributed by atoms with E-state index in [9.17, 15) is 27.5 Å². The molecule has 0 saturated carbocycles. The van der Waals surface area contributed by atoms with Gasteiger partial charge < -0.3 is 20.6 Å². The maximum Gasteiger partial charge on any atom is 0.268 e.